The summed E-state index contributed by atoms with van der Waals surface area (Å²) in [6, 6.07) is 60.0. The van der Waals surface area contributed by atoms with E-state index in [1.807, 2.05) is 29.6 Å². The summed E-state index contributed by atoms with van der Waals surface area (Å²) in [5, 5.41) is 5.10. The number of hydrogen-bond acceptors (Lipinski definition) is 7. The zero-order valence-electron chi connectivity index (χ0n) is 35.7. The topological polar surface area (TPSA) is 58.0 Å². The summed E-state index contributed by atoms with van der Waals surface area (Å²) in [7, 11) is -2.04. The van der Waals surface area contributed by atoms with Crippen LogP contribution < -0.4 is 14.8 Å². The van der Waals surface area contributed by atoms with E-state index in [1.165, 1.54) is 20.9 Å². The normalized spacial score (nSPS) is 12.3. The number of fused-ring (bicyclic) bond motifs is 2. The van der Waals surface area contributed by atoms with Crippen molar-refractivity contribution in [2.45, 2.75) is 42.4 Å². The van der Waals surface area contributed by atoms with Crippen LogP contribution in [-0.2, 0) is 4.28 Å². The molecule has 0 bridgehead atoms. The first kappa shape index (κ1) is 42.9. The van der Waals surface area contributed by atoms with Crippen molar-refractivity contribution >= 4 is 61.9 Å². The van der Waals surface area contributed by atoms with Gasteiger partial charge in [0.2, 0.25) is 11.0 Å². The van der Waals surface area contributed by atoms with Crippen molar-refractivity contribution in [3.05, 3.63) is 191 Å². The number of thioether (sulfide) groups is 2. The molecule has 1 aliphatic heterocycles. The molecule has 1 aliphatic carbocycles. The minimum Gasteiger partial charge on any atom is -0.456 e. The standard InChI is InChI=1S/C53H52N3O3S3/c1-5-62(6-2,59-54-57)52-28-18-15-25-47(52)53-45-31-29-41(55(48-26-16-13-19-39(48)3)33-35-60-43-21-9-7-10-22-43)37-50(45)58-51-38-42(30-32-46(51)53)56(49-27-17-14-20-40(49)4)34-36-61-44-23-11-8-12-24-44/h7-32,37-38H,5-6,33-36H2,1-4H3/q+1. The van der Waals surface area contributed by atoms with E-state index in [4.69, 9.17) is 8.70 Å². The number of nitrogens with zero attached hydrogens (tertiary/aromatic N) is 3. The van der Waals surface area contributed by atoms with Crippen LogP contribution >= 0.6 is 33.8 Å². The highest BCUT2D eigenvalue weighted by Crippen LogP contribution is 2.60. The van der Waals surface area contributed by atoms with Gasteiger partial charge in [0.25, 0.3) is 0 Å². The van der Waals surface area contributed by atoms with E-state index in [0.717, 1.165) is 85.3 Å². The van der Waals surface area contributed by atoms with E-state index in [-0.39, 0.29) is 0 Å². The predicted octanol–water partition coefficient (Wildman–Crippen LogP) is 14.5. The van der Waals surface area contributed by atoms with Gasteiger partial charge in [-0.25, -0.2) is 0 Å². The lowest BCUT2D eigenvalue weighted by atomic mass is 9.93. The van der Waals surface area contributed by atoms with Gasteiger partial charge in [0.05, 0.1) is 11.8 Å². The van der Waals surface area contributed by atoms with E-state index in [2.05, 4.69) is 206 Å². The summed E-state index contributed by atoms with van der Waals surface area (Å²) in [6.07, 6.45) is 0. The summed E-state index contributed by atoms with van der Waals surface area (Å²) in [5.74, 6) is 3.89. The van der Waals surface area contributed by atoms with Gasteiger partial charge in [-0.1, -0.05) is 105 Å². The fourth-order valence-corrected chi connectivity index (χ4v) is 12.3. The zero-order chi connectivity index (χ0) is 42.9. The summed E-state index contributed by atoms with van der Waals surface area (Å²) < 4.78 is 15.4. The first-order valence-electron chi connectivity index (χ1n) is 21.2. The van der Waals surface area contributed by atoms with Gasteiger partial charge in [-0.3, -0.25) is 0 Å². The maximum atomic E-state index is 11.9. The summed E-state index contributed by atoms with van der Waals surface area (Å²) in [4.78, 5) is 17.8. The van der Waals surface area contributed by atoms with E-state index >= 15 is 0 Å². The van der Waals surface area contributed by atoms with Gasteiger partial charge in [-0.2, -0.15) is 4.58 Å². The maximum absolute atomic E-state index is 11.9. The average Bonchev–Trinajstić information content (AvgIpc) is 3.31. The molecule has 0 fully saturated rings. The molecule has 0 saturated heterocycles. The van der Waals surface area contributed by atoms with Crippen LogP contribution in [0.5, 0.6) is 0 Å². The SMILES string of the molecule is CCS(CC)(ON=O)c1ccccc1-c1c2ccc(=[N+](CCSc3ccccc3)c3ccccc3C)cc-2oc2cc(N(CCSc3ccccc3)c3ccccc3C)ccc12. The molecule has 0 aromatic heterocycles. The number of benzene rings is 7. The maximum Gasteiger partial charge on any atom is 0.209 e. The quantitative estimate of drug-likeness (QED) is 0.0299. The smallest absolute Gasteiger partial charge is 0.209 e. The first-order valence-corrected chi connectivity index (χ1v) is 25.0. The first-order chi connectivity index (χ1) is 30.4. The van der Waals surface area contributed by atoms with Gasteiger partial charge < -0.3 is 13.6 Å². The molecule has 62 heavy (non-hydrogen) atoms. The molecule has 0 spiro atoms. The molecule has 9 heteroatoms. The van der Waals surface area contributed by atoms with Gasteiger partial charge in [0.1, 0.15) is 11.3 Å². The molecule has 0 N–H and O–H groups in total. The Hall–Kier alpha value is -5.74. The third-order valence-corrected chi connectivity index (χ3v) is 16.8. The van der Waals surface area contributed by atoms with Crippen molar-refractivity contribution in [2.75, 3.05) is 41.0 Å². The molecule has 6 aromatic carbocycles. The molecule has 2 aliphatic rings. The largest absolute Gasteiger partial charge is 0.456 e. The highest BCUT2D eigenvalue weighted by atomic mass is 32.3. The third kappa shape index (κ3) is 9.21. The molecule has 1 heterocycles. The Bertz CT molecular complexity index is 2820. The van der Waals surface area contributed by atoms with E-state index in [1.54, 1.807) is 0 Å². The molecular weight excluding hydrogens is 823 g/mol. The lowest BCUT2D eigenvalue weighted by molar-refractivity contribution is 0.377. The third-order valence-electron chi connectivity index (χ3n) is 11.4. The minimum atomic E-state index is -2.04. The number of rotatable bonds is 17. The van der Waals surface area contributed by atoms with Gasteiger partial charge in [-0.05, 0) is 89.9 Å². The van der Waals surface area contributed by atoms with Crippen LogP contribution in [0.25, 0.3) is 33.4 Å². The Kier molecular flexibility index (Phi) is 13.8. The summed E-state index contributed by atoms with van der Waals surface area (Å²) in [6.45, 7) is 10.1. The van der Waals surface area contributed by atoms with E-state index in [9.17, 15) is 4.91 Å². The average molecular weight is 875 g/mol. The second-order valence-corrected chi connectivity index (χ2v) is 20.8. The fourth-order valence-electron chi connectivity index (χ4n) is 8.26. The Balaban J connectivity index is 1.35. The monoisotopic (exact) mass is 874 g/mol. The van der Waals surface area contributed by atoms with Crippen molar-refractivity contribution in [3.63, 3.8) is 0 Å². The molecule has 0 radical (unpaired) electrons. The van der Waals surface area contributed by atoms with Gasteiger partial charge >= 0.3 is 0 Å². The Morgan fingerprint density at radius 3 is 2.00 bits per heavy atom. The fraction of sp³-hybridized carbons (Fsp3) is 0.189. The molecule has 6 nitrogen and oxygen atoms in total. The van der Waals surface area contributed by atoms with Gasteiger partial charge in [0.15, 0.2) is 11.9 Å². The highest BCUT2D eigenvalue weighted by Gasteiger charge is 2.31. The summed E-state index contributed by atoms with van der Waals surface area (Å²) in [5.41, 5.74) is 9.61. The minimum absolute atomic E-state index is 0.659. The lowest BCUT2D eigenvalue weighted by Crippen LogP contribution is -2.28. The van der Waals surface area contributed by atoms with Crippen molar-refractivity contribution in [3.8, 4) is 22.5 Å². The molecule has 6 aromatic rings. The van der Waals surface area contributed by atoms with Gasteiger partial charge in [-0.15, -0.1) is 28.4 Å². The molecule has 0 atom stereocenters. The summed E-state index contributed by atoms with van der Waals surface area (Å²) >= 11 is 3.72. The van der Waals surface area contributed by atoms with Crippen molar-refractivity contribution in [1.29, 1.82) is 0 Å². The Labute approximate surface area is 375 Å². The molecule has 8 rings (SSSR count). The molecular formula is C53H52N3O3S3+. The van der Waals surface area contributed by atoms with Crippen molar-refractivity contribution in [1.82, 2.24) is 4.58 Å². The number of anilines is 2. The van der Waals surface area contributed by atoms with Crippen LogP contribution in [0.1, 0.15) is 25.0 Å². The Morgan fingerprint density at radius 2 is 1.31 bits per heavy atom. The van der Waals surface area contributed by atoms with E-state index < -0.39 is 10.3 Å². The number of aryl methyl sites for hydroxylation is 2. The van der Waals surface area contributed by atoms with Crippen molar-refractivity contribution in [2.24, 2.45) is 5.34 Å². The lowest BCUT2D eigenvalue weighted by Gasteiger charge is -2.35. The van der Waals surface area contributed by atoms with Crippen LogP contribution in [0.2, 0.25) is 0 Å². The van der Waals surface area contributed by atoms with Crippen LogP contribution in [0.15, 0.2) is 194 Å². The Morgan fingerprint density at radius 1 is 0.661 bits per heavy atom. The molecule has 0 amide bonds. The molecule has 0 unspecified atom stereocenters. The van der Waals surface area contributed by atoms with E-state index in [0.29, 0.717) is 11.5 Å². The number of para-hydroxylation sites is 2. The van der Waals surface area contributed by atoms with Crippen molar-refractivity contribution < 1.29 is 8.70 Å². The van der Waals surface area contributed by atoms with Crippen LogP contribution in [-0.4, -0.2) is 36.1 Å². The molecule has 314 valence electrons. The zero-order valence-corrected chi connectivity index (χ0v) is 38.1. The van der Waals surface area contributed by atoms with Crippen LogP contribution in [0.3, 0.4) is 0 Å². The van der Waals surface area contributed by atoms with Gasteiger partial charge in [0, 0.05) is 90.1 Å². The second-order valence-electron chi connectivity index (χ2n) is 15.1. The van der Waals surface area contributed by atoms with Crippen LogP contribution in [0.4, 0.5) is 17.1 Å². The highest BCUT2D eigenvalue weighted by molar-refractivity contribution is 8.29. The van der Waals surface area contributed by atoms with Crippen LogP contribution in [0, 0.1) is 18.8 Å². The number of hydrogen-bond donors (Lipinski definition) is 0. The molecule has 0 saturated carbocycles. The predicted molar refractivity (Wildman–Crippen MR) is 266 cm³/mol. The second kappa shape index (κ2) is 20.0.